The topological polar surface area (TPSA) is 32.7 Å². The van der Waals surface area contributed by atoms with Crippen LogP contribution in [0.5, 0.6) is 0 Å². The van der Waals surface area contributed by atoms with Gasteiger partial charge in [-0.2, -0.15) is 0 Å². The monoisotopic (exact) mass is 410 g/mol. The molecule has 0 unspecified atom stereocenters. The van der Waals surface area contributed by atoms with Gasteiger partial charge in [0.05, 0.1) is 16.3 Å². The van der Waals surface area contributed by atoms with Gasteiger partial charge in [0.2, 0.25) is 0 Å². The lowest BCUT2D eigenvalue weighted by molar-refractivity contribution is -0.113. The van der Waals surface area contributed by atoms with Crippen molar-refractivity contribution in [1.29, 1.82) is 0 Å². The van der Waals surface area contributed by atoms with Crippen LogP contribution in [0.25, 0.3) is 6.08 Å². The lowest BCUT2D eigenvalue weighted by Gasteiger charge is -2.15. The second-order valence-corrected chi connectivity index (χ2v) is 7.16. The molecule has 144 valence electrons. The van der Waals surface area contributed by atoms with E-state index in [4.69, 9.17) is 0 Å². The molecule has 7 heteroatoms. The Bertz CT molecular complexity index is 1110. The van der Waals surface area contributed by atoms with Crippen molar-refractivity contribution in [1.82, 2.24) is 0 Å². The van der Waals surface area contributed by atoms with E-state index in [1.54, 1.807) is 18.2 Å². The lowest BCUT2D eigenvalue weighted by Crippen LogP contribution is -2.28. The van der Waals surface area contributed by atoms with Crippen LogP contribution in [0.2, 0.25) is 0 Å². The number of anilines is 1. The van der Waals surface area contributed by atoms with E-state index in [0.29, 0.717) is 27.0 Å². The third kappa shape index (κ3) is 4.25. The molecule has 0 spiro atoms. The van der Waals surface area contributed by atoms with E-state index >= 15 is 0 Å². The smallest absolute Gasteiger partial charge is 0.268 e. The van der Waals surface area contributed by atoms with Crippen LogP contribution in [0.3, 0.4) is 0 Å². The molecule has 0 atom stereocenters. The van der Waals surface area contributed by atoms with Crippen LogP contribution in [-0.4, -0.2) is 11.1 Å². The zero-order chi connectivity index (χ0) is 20.4. The van der Waals surface area contributed by atoms with Crippen molar-refractivity contribution in [3.05, 3.63) is 101 Å². The minimum atomic E-state index is -0.424. The molecule has 1 amide bonds. The Balaban J connectivity index is 1.76. The van der Waals surface area contributed by atoms with E-state index in [1.165, 1.54) is 65.6 Å². The van der Waals surface area contributed by atoms with Crippen LogP contribution < -0.4 is 4.90 Å². The van der Waals surface area contributed by atoms with Gasteiger partial charge in [-0.05, 0) is 84.1 Å². The van der Waals surface area contributed by atoms with Gasteiger partial charge in [-0.15, -0.1) is 0 Å². The largest absolute Gasteiger partial charge is 0.271 e. The van der Waals surface area contributed by atoms with Crippen LogP contribution >= 0.6 is 11.8 Å². The number of rotatable bonds is 3. The average Bonchev–Trinajstić information content (AvgIpc) is 3.01. The summed E-state index contributed by atoms with van der Waals surface area (Å²) in [5, 5.41) is 0.349. The van der Waals surface area contributed by atoms with E-state index in [2.05, 4.69) is 4.99 Å². The van der Waals surface area contributed by atoms with Crippen molar-refractivity contribution in [2.24, 2.45) is 4.99 Å². The molecule has 29 heavy (non-hydrogen) atoms. The molecule has 0 N–H and O–H groups in total. The Labute approximate surface area is 169 Å². The normalized spacial score (nSPS) is 16.8. The number of benzene rings is 3. The number of amidine groups is 1. The minimum absolute atomic E-state index is 0.341. The fourth-order valence-corrected chi connectivity index (χ4v) is 3.70. The second-order valence-electron chi connectivity index (χ2n) is 6.15. The van der Waals surface area contributed by atoms with Gasteiger partial charge in [-0.3, -0.25) is 9.69 Å². The Kier molecular flexibility index (Phi) is 5.22. The molecule has 3 aromatic rings. The molecule has 0 radical (unpaired) electrons. The molecule has 1 aliphatic rings. The number of hydrogen-bond donors (Lipinski definition) is 0. The SMILES string of the molecule is O=C1C(=Cc2ccc(F)cc2)SC(=Nc2ccc(F)cc2)N1c1ccc(F)cc1. The summed E-state index contributed by atoms with van der Waals surface area (Å²) in [6.07, 6.45) is 1.64. The molecular formula is C22H13F3N2OS. The molecular weight excluding hydrogens is 397 g/mol. The molecule has 1 heterocycles. The first-order chi connectivity index (χ1) is 14.0. The van der Waals surface area contributed by atoms with Crippen molar-refractivity contribution in [2.75, 3.05) is 4.90 Å². The molecule has 1 fully saturated rings. The van der Waals surface area contributed by atoms with Gasteiger partial charge in [-0.1, -0.05) is 12.1 Å². The number of carbonyl (C=O) groups excluding carboxylic acids is 1. The molecule has 0 bridgehead atoms. The molecule has 4 rings (SSSR count). The fraction of sp³-hybridized carbons (Fsp3) is 0. The van der Waals surface area contributed by atoms with Crippen molar-refractivity contribution >= 4 is 40.3 Å². The molecule has 1 saturated heterocycles. The quantitative estimate of drug-likeness (QED) is 0.503. The molecule has 0 aliphatic carbocycles. The first-order valence-electron chi connectivity index (χ1n) is 8.59. The van der Waals surface area contributed by atoms with E-state index in [9.17, 15) is 18.0 Å². The highest BCUT2D eigenvalue weighted by atomic mass is 32.2. The van der Waals surface area contributed by atoms with Crippen LogP contribution in [0.4, 0.5) is 24.5 Å². The first kappa shape index (κ1) is 19.0. The predicted octanol–water partition coefficient (Wildman–Crippen LogP) is 5.91. The fourth-order valence-electron chi connectivity index (χ4n) is 2.70. The summed E-state index contributed by atoms with van der Waals surface area (Å²) < 4.78 is 39.7. The maximum atomic E-state index is 13.3. The van der Waals surface area contributed by atoms with Gasteiger partial charge in [0.1, 0.15) is 17.5 Å². The maximum Gasteiger partial charge on any atom is 0.271 e. The number of nitrogens with zero attached hydrogens (tertiary/aromatic N) is 2. The number of amides is 1. The molecule has 1 aliphatic heterocycles. The van der Waals surface area contributed by atoms with Gasteiger partial charge in [-0.25, -0.2) is 18.2 Å². The zero-order valence-corrected chi connectivity index (χ0v) is 15.7. The van der Waals surface area contributed by atoms with Crippen molar-refractivity contribution in [3.8, 4) is 0 Å². The summed E-state index contributed by atoms with van der Waals surface area (Å²) in [4.78, 5) is 19.2. The number of aliphatic imine (C=N–C) groups is 1. The van der Waals surface area contributed by atoms with Gasteiger partial charge in [0.15, 0.2) is 5.17 Å². The highest BCUT2D eigenvalue weighted by Crippen LogP contribution is 2.37. The van der Waals surface area contributed by atoms with Crippen molar-refractivity contribution in [2.45, 2.75) is 0 Å². The lowest BCUT2D eigenvalue weighted by atomic mass is 10.2. The van der Waals surface area contributed by atoms with Gasteiger partial charge in [0.25, 0.3) is 5.91 Å². The van der Waals surface area contributed by atoms with Crippen LogP contribution in [0.1, 0.15) is 5.56 Å². The Hall–Kier alpha value is -3.32. The van der Waals surface area contributed by atoms with Crippen LogP contribution in [0.15, 0.2) is 82.7 Å². The Morgan fingerprint density at radius 2 is 1.28 bits per heavy atom. The first-order valence-corrected chi connectivity index (χ1v) is 9.41. The Morgan fingerprint density at radius 1 is 0.759 bits per heavy atom. The average molecular weight is 410 g/mol. The summed E-state index contributed by atoms with van der Waals surface area (Å²) in [7, 11) is 0. The van der Waals surface area contributed by atoms with Gasteiger partial charge < -0.3 is 0 Å². The van der Waals surface area contributed by atoms with E-state index in [0.717, 1.165) is 11.8 Å². The van der Waals surface area contributed by atoms with E-state index in [1.807, 2.05) is 0 Å². The Morgan fingerprint density at radius 3 is 1.86 bits per heavy atom. The standard InChI is InChI=1S/C22H13F3N2OS/c23-15-3-1-14(2-4-15)13-20-21(28)27(19-11-7-17(25)8-12-19)22(29-20)26-18-9-5-16(24)6-10-18/h1-13H. The second kappa shape index (κ2) is 7.97. The summed E-state index contributed by atoms with van der Waals surface area (Å²) in [6.45, 7) is 0. The van der Waals surface area contributed by atoms with Gasteiger partial charge in [0, 0.05) is 0 Å². The summed E-state index contributed by atoms with van der Waals surface area (Å²) in [6, 6.07) is 16.8. The summed E-state index contributed by atoms with van der Waals surface area (Å²) in [5.74, 6) is -1.53. The van der Waals surface area contributed by atoms with Crippen molar-refractivity contribution in [3.63, 3.8) is 0 Å². The predicted molar refractivity (Wildman–Crippen MR) is 109 cm³/mol. The molecule has 3 aromatic carbocycles. The number of halogens is 3. The molecule has 3 nitrogen and oxygen atoms in total. The zero-order valence-electron chi connectivity index (χ0n) is 14.9. The highest BCUT2D eigenvalue weighted by Gasteiger charge is 2.34. The molecule has 0 aromatic heterocycles. The van der Waals surface area contributed by atoms with Crippen molar-refractivity contribution < 1.29 is 18.0 Å². The van der Waals surface area contributed by atoms with E-state index in [-0.39, 0.29) is 11.7 Å². The third-order valence-corrected chi connectivity index (χ3v) is 5.08. The minimum Gasteiger partial charge on any atom is -0.268 e. The third-order valence-electron chi connectivity index (χ3n) is 4.11. The number of thioether (sulfide) groups is 1. The maximum absolute atomic E-state index is 13.3. The number of carbonyl (C=O) groups is 1. The van der Waals surface area contributed by atoms with Crippen LogP contribution in [0, 0.1) is 17.5 Å². The van der Waals surface area contributed by atoms with Gasteiger partial charge >= 0.3 is 0 Å². The molecule has 0 saturated carbocycles. The number of hydrogen-bond acceptors (Lipinski definition) is 3. The summed E-state index contributed by atoms with van der Waals surface area (Å²) in [5.41, 5.74) is 1.58. The highest BCUT2D eigenvalue weighted by molar-refractivity contribution is 8.19. The van der Waals surface area contributed by atoms with Crippen LogP contribution in [-0.2, 0) is 4.79 Å². The summed E-state index contributed by atoms with van der Waals surface area (Å²) >= 11 is 1.13. The van der Waals surface area contributed by atoms with E-state index < -0.39 is 11.6 Å².